The summed E-state index contributed by atoms with van der Waals surface area (Å²) < 4.78 is 5.11. The van der Waals surface area contributed by atoms with Crippen molar-refractivity contribution >= 4 is 5.91 Å². The average Bonchev–Trinajstić information content (AvgIpc) is 2.69. The summed E-state index contributed by atoms with van der Waals surface area (Å²) in [5, 5.41) is 11.4. The van der Waals surface area contributed by atoms with Crippen molar-refractivity contribution in [3.8, 4) is 0 Å². The van der Waals surface area contributed by atoms with Crippen molar-refractivity contribution in [2.45, 2.75) is 39.0 Å². The zero-order valence-corrected chi connectivity index (χ0v) is 10.8. The number of hydrogen-bond donors (Lipinski definition) is 2. The molecule has 1 amide bonds. The lowest BCUT2D eigenvalue weighted by Crippen LogP contribution is -2.26. The zero-order valence-electron chi connectivity index (χ0n) is 10.8. The Labute approximate surface area is 104 Å². The summed E-state index contributed by atoms with van der Waals surface area (Å²) in [4.78, 5) is 11.6. The minimum atomic E-state index is 0.0617. The van der Waals surface area contributed by atoms with E-state index in [1.165, 1.54) is 19.3 Å². The maximum atomic E-state index is 11.6. The van der Waals surface area contributed by atoms with E-state index in [1.54, 1.807) is 0 Å². The summed E-state index contributed by atoms with van der Waals surface area (Å²) in [6, 6.07) is 0. The molecular weight excluding hydrogens is 218 g/mol. The van der Waals surface area contributed by atoms with Gasteiger partial charge in [-0.1, -0.05) is 13.3 Å². The first-order valence-electron chi connectivity index (χ1n) is 6.67. The average molecular weight is 243 g/mol. The third-order valence-corrected chi connectivity index (χ3v) is 3.30. The van der Waals surface area contributed by atoms with Gasteiger partial charge >= 0.3 is 0 Å². The fourth-order valence-electron chi connectivity index (χ4n) is 2.41. The predicted octanol–water partition coefficient (Wildman–Crippen LogP) is 1.33. The Morgan fingerprint density at radius 1 is 1.41 bits per heavy atom. The summed E-state index contributed by atoms with van der Waals surface area (Å²) in [6.07, 6.45) is 5.17. The van der Waals surface area contributed by atoms with Crippen LogP contribution in [0, 0.1) is 11.8 Å². The summed E-state index contributed by atoms with van der Waals surface area (Å²) in [5.74, 6) is 1.56. The van der Waals surface area contributed by atoms with Crippen molar-refractivity contribution in [1.29, 1.82) is 0 Å². The van der Waals surface area contributed by atoms with Crippen LogP contribution in [0.25, 0.3) is 0 Å². The van der Waals surface area contributed by atoms with E-state index in [0.717, 1.165) is 12.3 Å². The standard InChI is InChI=1S/C13H25NO3/c1-11-3-4-12(9-11)10-13(16)14-5-2-7-17-8-6-15/h11-12,15H,2-10H2,1H3,(H,14,16). The summed E-state index contributed by atoms with van der Waals surface area (Å²) in [6.45, 7) is 3.98. The van der Waals surface area contributed by atoms with Gasteiger partial charge in [0, 0.05) is 19.6 Å². The van der Waals surface area contributed by atoms with Crippen LogP contribution in [0.5, 0.6) is 0 Å². The van der Waals surface area contributed by atoms with Crippen LogP contribution in [0.15, 0.2) is 0 Å². The zero-order chi connectivity index (χ0) is 12.5. The molecule has 0 radical (unpaired) electrons. The highest BCUT2D eigenvalue weighted by molar-refractivity contribution is 5.76. The third kappa shape index (κ3) is 6.64. The summed E-state index contributed by atoms with van der Waals surface area (Å²) in [5.41, 5.74) is 0. The number of carbonyl (C=O) groups is 1. The first kappa shape index (κ1) is 14.5. The Kier molecular flexibility index (Phi) is 7.21. The molecule has 2 atom stereocenters. The number of aliphatic hydroxyl groups is 1. The van der Waals surface area contributed by atoms with Crippen molar-refractivity contribution in [2.75, 3.05) is 26.4 Å². The van der Waals surface area contributed by atoms with Gasteiger partial charge in [-0.25, -0.2) is 0 Å². The molecule has 1 aliphatic rings. The van der Waals surface area contributed by atoms with Crippen LogP contribution in [0.4, 0.5) is 0 Å². The molecular formula is C13H25NO3. The molecule has 0 saturated heterocycles. The SMILES string of the molecule is CC1CCC(CC(=O)NCCCOCCO)C1. The number of aliphatic hydroxyl groups excluding tert-OH is 1. The second-order valence-corrected chi connectivity index (χ2v) is 5.03. The van der Waals surface area contributed by atoms with Gasteiger partial charge in [0.05, 0.1) is 13.2 Å². The molecule has 0 aromatic heterocycles. The van der Waals surface area contributed by atoms with Gasteiger partial charge in [0.2, 0.25) is 5.91 Å². The largest absolute Gasteiger partial charge is 0.394 e. The Bertz CT molecular complexity index is 221. The highest BCUT2D eigenvalue weighted by Crippen LogP contribution is 2.32. The molecule has 0 spiro atoms. The van der Waals surface area contributed by atoms with E-state index < -0.39 is 0 Å². The van der Waals surface area contributed by atoms with E-state index in [9.17, 15) is 4.79 Å². The molecule has 0 aromatic rings. The highest BCUT2D eigenvalue weighted by Gasteiger charge is 2.23. The van der Waals surface area contributed by atoms with Gasteiger partial charge < -0.3 is 15.2 Å². The number of nitrogens with one attached hydrogen (secondary N) is 1. The van der Waals surface area contributed by atoms with Crippen molar-refractivity contribution in [1.82, 2.24) is 5.32 Å². The maximum Gasteiger partial charge on any atom is 0.220 e. The van der Waals surface area contributed by atoms with Gasteiger partial charge in [0.1, 0.15) is 0 Å². The van der Waals surface area contributed by atoms with E-state index in [0.29, 0.717) is 32.1 Å². The lowest BCUT2D eigenvalue weighted by molar-refractivity contribution is -0.122. The molecule has 2 N–H and O–H groups in total. The van der Waals surface area contributed by atoms with Crippen LogP contribution in [0.2, 0.25) is 0 Å². The van der Waals surface area contributed by atoms with Crippen LogP contribution >= 0.6 is 0 Å². The molecule has 0 heterocycles. The Morgan fingerprint density at radius 3 is 2.88 bits per heavy atom. The lowest BCUT2D eigenvalue weighted by Gasteiger charge is -2.10. The monoisotopic (exact) mass is 243 g/mol. The lowest BCUT2D eigenvalue weighted by atomic mass is 10.0. The summed E-state index contributed by atoms with van der Waals surface area (Å²) in [7, 11) is 0. The molecule has 1 aliphatic carbocycles. The number of hydrogen-bond acceptors (Lipinski definition) is 3. The van der Waals surface area contributed by atoms with Crippen LogP contribution in [-0.4, -0.2) is 37.4 Å². The first-order valence-corrected chi connectivity index (χ1v) is 6.67. The minimum absolute atomic E-state index is 0.0617. The molecule has 1 rings (SSSR count). The molecule has 4 heteroatoms. The fourth-order valence-corrected chi connectivity index (χ4v) is 2.41. The number of rotatable bonds is 8. The Morgan fingerprint density at radius 2 is 2.24 bits per heavy atom. The van der Waals surface area contributed by atoms with Gasteiger partial charge in [-0.3, -0.25) is 4.79 Å². The number of ether oxygens (including phenoxy) is 1. The van der Waals surface area contributed by atoms with Crippen molar-refractivity contribution in [3.63, 3.8) is 0 Å². The molecule has 0 bridgehead atoms. The maximum absolute atomic E-state index is 11.6. The molecule has 2 unspecified atom stereocenters. The molecule has 0 aromatic carbocycles. The molecule has 4 nitrogen and oxygen atoms in total. The van der Waals surface area contributed by atoms with E-state index in [4.69, 9.17) is 9.84 Å². The Balaban J connectivity index is 1.94. The fraction of sp³-hybridized carbons (Fsp3) is 0.923. The molecule has 100 valence electrons. The first-order chi connectivity index (χ1) is 8.22. The normalized spacial score (nSPS) is 23.9. The van der Waals surface area contributed by atoms with E-state index in [2.05, 4.69) is 12.2 Å². The quantitative estimate of drug-likeness (QED) is 0.632. The van der Waals surface area contributed by atoms with Crippen LogP contribution in [0.3, 0.4) is 0 Å². The van der Waals surface area contributed by atoms with E-state index >= 15 is 0 Å². The van der Waals surface area contributed by atoms with Crippen molar-refractivity contribution < 1.29 is 14.6 Å². The molecule has 1 fully saturated rings. The van der Waals surface area contributed by atoms with Crippen LogP contribution in [0.1, 0.15) is 39.0 Å². The smallest absolute Gasteiger partial charge is 0.220 e. The van der Waals surface area contributed by atoms with Crippen LogP contribution in [-0.2, 0) is 9.53 Å². The number of amides is 1. The second kappa shape index (κ2) is 8.48. The van der Waals surface area contributed by atoms with Crippen molar-refractivity contribution in [2.24, 2.45) is 11.8 Å². The van der Waals surface area contributed by atoms with Gasteiger partial charge in [0.25, 0.3) is 0 Å². The molecule has 0 aliphatic heterocycles. The van der Waals surface area contributed by atoms with Gasteiger partial charge in [-0.2, -0.15) is 0 Å². The topological polar surface area (TPSA) is 58.6 Å². The van der Waals surface area contributed by atoms with E-state index in [1.807, 2.05) is 0 Å². The van der Waals surface area contributed by atoms with Crippen LogP contribution < -0.4 is 5.32 Å². The van der Waals surface area contributed by atoms with Gasteiger partial charge in [-0.15, -0.1) is 0 Å². The predicted molar refractivity (Wildman–Crippen MR) is 66.7 cm³/mol. The molecule has 17 heavy (non-hydrogen) atoms. The highest BCUT2D eigenvalue weighted by atomic mass is 16.5. The summed E-state index contributed by atoms with van der Waals surface area (Å²) >= 11 is 0. The third-order valence-electron chi connectivity index (χ3n) is 3.30. The second-order valence-electron chi connectivity index (χ2n) is 5.03. The molecule has 1 saturated carbocycles. The van der Waals surface area contributed by atoms with Gasteiger partial charge in [-0.05, 0) is 31.1 Å². The van der Waals surface area contributed by atoms with E-state index in [-0.39, 0.29) is 12.5 Å². The number of carbonyl (C=O) groups excluding carboxylic acids is 1. The Hall–Kier alpha value is -0.610. The minimum Gasteiger partial charge on any atom is -0.394 e. The van der Waals surface area contributed by atoms with Crippen molar-refractivity contribution in [3.05, 3.63) is 0 Å². The van der Waals surface area contributed by atoms with Gasteiger partial charge in [0.15, 0.2) is 0 Å².